The maximum atomic E-state index is 13.4. The Bertz CT molecular complexity index is 985. The maximum absolute atomic E-state index is 13.4. The van der Waals surface area contributed by atoms with E-state index in [0.29, 0.717) is 31.2 Å². The summed E-state index contributed by atoms with van der Waals surface area (Å²) in [5.74, 6) is -0.621. The molecule has 0 atom stereocenters. The quantitative estimate of drug-likeness (QED) is 0.678. The van der Waals surface area contributed by atoms with Crippen molar-refractivity contribution in [2.45, 2.75) is 18.4 Å². The first kappa shape index (κ1) is 17.9. The molecule has 1 amide bonds. The third-order valence-electron chi connectivity index (χ3n) is 5.02. The van der Waals surface area contributed by atoms with Crippen molar-refractivity contribution in [3.05, 3.63) is 76.8 Å². The number of hydrogen-bond donors (Lipinski definition) is 1. The molecule has 2 heterocycles. The van der Waals surface area contributed by atoms with Crippen LogP contribution in [0.2, 0.25) is 5.15 Å². The molecule has 0 unspecified atom stereocenters. The zero-order valence-corrected chi connectivity index (χ0v) is 15.3. The van der Waals surface area contributed by atoms with Gasteiger partial charge in [0.05, 0.1) is 5.54 Å². The number of carbonyl (C=O) groups is 1. The summed E-state index contributed by atoms with van der Waals surface area (Å²) in [6, 6.07) is 15.5. The van der Waals surface area contributed by atoms with E-state index in [0.717, 1.165) is 16.3 Å². The van der Waals surface area contributed by atoms with Gasteiger partial charge in [0.15, 0.2) is 0 Å². The predicted molar refractivity (Wildman–Crippen MR) is 102 cm³/mol. The Hall–Kier alpha value is -2.50. The number of fused-ring (bicyclic) bond motifs is 1. The number of nitrogens with zero attached hydrogens (tertiary/aromatic N) is 1. The molecular formula is C21H18ClFN2O2. The number of rotatable bonds is 3. The van der Waals surface area contributed by atoms with Crippen molar-refractivity contribution in [1.29, 1.82) is 0 Å². The number of carbonyl (C=O) groups excluding carboxylic acids is 1. The van der Waals surface area contributed by atoms with Crippen LogP contribution in [0.1, 0.15) is 28.9 Å². The van der Waals surface area contributed by atoms with Crippen LogP contribution < -0.4 is 5.32 Å². The normalized spacial score (nSPS) is 16.2. The van der Waals surface area contributed by atoms with Crippen LogP contribution in [0.25, 0.3) is 10.8 Å². The van der Waals surface area contributed by atoms with Gasteiger partial charge in [-0.05, 0) is 42.0 Å². The molecule has 0 saturated carbocycles. The van der Waals surface area contributed by atoms with Gasteiger partial charge in [0, 0.05) is 18.6 Å². The second-order valence-corrected chi connectivity index (χ2v) is 7.03. The highest BCUT2D eigenvalue weighted by atomic mass is 35.5. The summed E-state index contributed by atoms with van der Waals surface area (Å²) in [6.45, 7) is 1.03. The number of aromatic nitrogens is 1. The topological polar surface area (TPSA) is 51.2 Å². The summed E-state index contributed by atoms with van der Waals surface area (Å²) in [5, 5.41) is 5.06. The van der Waals surface area contributed by atoms with E-state index in [1.807, 2.05) is 24.3 Å². The van der Waals surface area contributed by atoms with Crippen LogP contribution in [0.4, 0.5) is 4.39 Å². The van der Waals surface area contributed by atoms with Crippen molar-refractivity contribution in [2.75, 3.05) is 13.2 Å². The molecule has 138 valence electrons. The zero-order chi connectivity index (χ0) is 18.9. The lowest BCUT2D eigenvalue weighted by Gasteiger charge is -2.38. The molecule has 1 aliphatic heterocycles. The van der Waals surface area contributed by atoms with E-state index < -0.39 is 5.54 Å². The van der Waals surface area contributed by atoms with Gasteiger partial charge in [-0.1, -0.05) is 48.0 Å². The Balaban J connectivity index is 1.69. The first-order valence-corrected chi connectivity index (χ1v) is 9.17. The van der Waals surface area contributed by atoms with E-state index in [4.69, 9.17) is 16.3 Å². The Morgan fingerprint density at radius 1 is 1.11 bits per heavy atom. The van der Waals surface area contributed by atoms with Gasteiger partial charge in [0.1, 0.15) is 16.7 Å². The molecule has 0 spiro atoms. The molecule has 6 heteroatoms. The average Bonchev–Trinajstić information content (AvgIpc) is 2.69. The molecule has 0 radical (unpaired) electrons. The Morgan fingerprint density at radius 2 is 1.81 bits per heavy atom. The largest absolute Gasteiger partial charge is 0.381 e. The van der Waals surface area contributed by atoms with Crippen LogP contribution >= 0.6 is 11.6 Å². The first-order valence-electron chi connectivity index (χ1n) is 8.79. The lowest BCUT2D eigenvalue weighted by molar-refractivity contribution is 0.0344. The van der Waals surface area contributed by atoms with Crippen molar-refractivity contribution in [3.63, 3.8) is 0 Å². The number of halogens is 2. The highest BCUT2D eigenvalue weighted by molar-refractivity contribution is 6.34. The van der Waals surface area contributed by atoms with Gasteiger partial charge >= 0.3 is 0 Å². The molecule has 3 aromatic rings. The number of pyridine rings is 1. The fraction of sp³-hybridized carbons (Fsp3) is 0.238. The van der Waals surface area contributed by atoms with E-state index in [2.05, 4.69) is 10.3 Å². The molecule has 0 bridgehead atoms. The predicted octanol–water partition coefficient (Wildman–Crippen LogP) is 4.46. The van der Waals surface area contributed by atoms with Crippen LogP contribution in [0, 0.1) is 5.82 Å². The van der Waals surface area contributed by atoms with E-state index >= 15 is 0 Å². The summed E-state index contributed by atoms with van der Waals surface area (Å²) in [4.78, 5) is 17.3. The highest BCUT2D eigenvalue weighted by Crippen LogP contribution is 2.33. The minimum atomic E-state index is -0.622. The van der Waals surface area contributed by atoms with Crippen molar-refractivity contribution < 1.29 is 13.9 Å². The average molecular weight is 385 g/mol. The molecular weight excluding hydrogens is 367 g/mol. The minimum Gasteiger partial charge on any atom is -0.381 e. The minimum absolute atomic E-state index is 0.256. The van der Waals surface area contributed by atoms with Gasteiger partial charge in [-0.15, -0.1) is 0 Å². The fourth-order valence-corrected chi connectivity index (χ4v) is 3.79. The van der Waals surface area contributed by atoms with Crippen molar-refractivity contribution in [1.82, 2.24) is 10.3 Å². The van der Waals surface area contributed by atoms with Gasteiger partial charge in [-0.3, -0.25) is 4.79 Å². The van der Waals surface area contributed by atoms with E-state index in [-0.39, 0.29) is 17.4 Å². The summed E-state index contributed by atoms with van der Waals surface area (Å²) in [6.07, 6.45) is 1.21. The van der Waals surface area contributed by atoms with Crippen LogP contribution in [0.3, 0.4) is 0 Å². The standard InChI is InChI=1S/C21H18ClFN2O2/c22-19-17-4-2-1-3-14(17)13-18(24-19)20(26)25-21(9-11-27-12-10-21)15-5-7-16(23)8-6-15/h1-8,13H,9-12H2,(H,25,26). The molecule has 1 saturated heterocycles. The van der Waals surface area contributed by atoms with Crippen LogP contribution in [-0.4, -0.2) is 24.1 Å². The van der Waals surface area contributed by atoms with Crippen LogP contribution in [0.5, 0.6) is 0 Å². The lowest BCUT2D eigenvalue weighted by Crippen LogP contribution is -2.49. The number of amides is 1. The number of benzene rings is 2. The summed E-state index contributed by atoms with van der Waals surface area (Å²) in [7, 11) is 0. The van der Waals surface area contributed by atoms with Gasteiger partial charge in [-0.25, -0.2) is 9.37 Å². The van der Waals surface area contributed by atoms with E-state index in [9.17, 15) is 9.18 Å². The molecule has 4 nitrogen and oxygen atoms in total. The van der Waals surface area contributed by atoms with Crippen LogP contribution in [-0.2, 0) is 10.3 Å². The van der Waals surface area contributed by atoms with Crippen molar-refractivity contribution >= 4 is 28.3 Å². The SMILES string of the molecule is O=C(NC1(c2ccc(F)cc2)CCOCC1)c1cc2ccccc2c(Cl)n1. The zero-order valence-electron chi connectivity index (χ0n) is 14.5. The van der Waals surface area contributed by atoms with E-state index in [1.54, 1.807) is 18.2 Å². The number of hydrogen-bond acceptors (Lipinski definition) is 3. The summed E-state index contributed by atoms with van der Waals surface area (Å²) < 4.78 is 18.8. The number of ether oxygens (including phenoxy) is 1. The second-order valence-electron chi connectivity index (χ2n) is 6.67. The van der Waals surface area contributed by atoms with Gasteiger partial charge < -0.3 is 10.1 Å². The highest BCUT2D eigenvalue weighted by Gasteiger charge is 2.36. The molecule has 1 aliphatic rings. The Kier molecular flexibility index (Phi) is 4.81. The second kappa shape index (κ2) is 7.25. The van der Waals surface area contributed by atoms with Gasteiger partial charge in [0.2, 0.25) is 0 Å². The van der Waals surface area contributed by atoms with Gasteiger partial charge in [0.25, 0.3) is 5.91 Å². The monoisotopic (exact) mass is 384 g/mol. The van der Waals surface area contributed by atoms with Crippen molar-refractivity contribution in [3.8, 4) is 0 Å². The Labute approximate surface area is 161 Å². The third-order valence-corrected chi connectivity index (χ3v) is 5.31. The lowest BCUT2D eigenvalue weighted by atomic mass is 9.82. The number of nitrogens with one attached hydrogen (secondary N) is 1. The molecule has 1 aromatic heterocycles. The molecule has 1 fully saturated rings. The molecule has 0 aliphatic carbocycles. The molecule has 1 N–H and O–H groups in total. The summed E-state index contributed by atoms with van der Waals surface area (Å²) >= 11 is 6.27. The fourth-order valence-electron chi connectivity index (χ4n) is 3.53. The van der Waals surface area contributed by atoms with Crippen LogP contribution in [0.15, 0.2) is 54.6 Å². The van der Waals surface area contributed by atoms with E-state index in [1.165, 1.54) is 12.1 Å². The van der Waals surface area contributed by atoms with Gasteiger partial charge in [-0.2, -0.15) is 0 Å². The van der Waals surface area contributed by atoms with Crippen molar-refractivity contribution in [2.24, 2.45) is 0 Å². The molecule has 2 aromatic carbocycles. The third kappa shape index (κ3) is 3.53. The summed E-state index contributed by atoms with van der Waals surface area (Å²) in [5.41, 5.74) is 0.488. The molecule has 4 rings (SSSR count). The first-order chi connectivity index (χ1) is 13.1. The molecule has 27 heavy (non-hydrogen) atoms. The maximum Gasteiger partial charge on any atom is 0.270 e. The smallest absolute Gasteiger partial charge is 0.270 e. The Morgan fingerprint density at radius 3 is 2.56 bits per heavy atom.